The lowest BCUT2D eigenvalue weighted by Gasteiger charge is -1.99. The summed E-state index contributed by atoms with van der Waals surface area (Å²) in [6.45, 7) is 0. The molecule has 0 radical (unpaired) electrons. The van der Waals surface area contributed by atoms with Gasteiger partial charge in [-0.05, 0) is 6.07 Å². The van der Waals surface area contributed by atoms with Gasteiger partial charge in [0.05, 0.1) is 12.5 Å². The van der Waals surface area contributed by atoms with E-state index in [1.807, 2.05) is 16.2 Å². The summed E-state index contributed by atoms with van der Waals surface area (Å²) in [6.07, 6.45) is 3.45. The number of ether oxygens (including phenoxy) is 1. The molecule has 2 aromatic heterocycles. The zero-order valence-corrected chi connectivity index (χ0v) is 9.74. The lowest BCUT2D eigenvalue weighted by molar-refractivity contribution is 0.402. The summed E-state index contributed by atoms with van der Waals surface area (Å²) in [4.78, 5) is 8.18. The van der Waals surface area contributed by atoms with E-state index in [2.05, 4.69) is 31.2 Å². The van der Waals surface area contributed by atoms with Gasteiger partial charge >= 0.3 is 0 Å². The Morgan fingerprint density at radius 2 is 2.38 bits per heavy atom. The van der Waals surface area contributed by atoms with Crippen LogP contribution in [0.2, 0.25) is 0 Å². The van der Waals surface area contributed by atoms with E-state index in [-0.39, 0.29) is 0 Å². The third-order valence-electron chi connectivity index (χ3n) is 1.68. The van der Waals surface area contributed by atoms with Crippen LogP contribution in [0, 0.1) is 0 Å². The average Bonchev–Trinajstić information content (AvgIpc) is 2.60. The lowest BCUT2D eigenvalue weighted by atomic mass is 10.4. The molecule has 0 atom stereocenters. The highest BCUT2D eigenvalue weighted by atomic mass is 127. The maximum absolute atomic E-state index is 5.11. The normalized spacial score (nSPS) is 10.6. The van der Waals surface area contributed by atoms with Crippen molar-refractivity contribution >= 4 is 41.4 Å². The molecule has 0 N–H and O–H groups in total. The standard InChI is InChI=1S/C7H6IN3OS/c1-12-7-5-2-3-11(13-8)6(5)9-4-10-7/h2-4H,1H3. The Balaban J connectivity index is 2.72. The average molecular weight is 307 g/mol. The molecule has 0 fully saturated rings. The molecule has 13 heavy (non-hydrogen) atoms. The van der Waals surface area contributed by atoms with E-state index in [0.717, 1.165) is 11.0 Å². The van der Waals surface area contributed by atoms with Crippen molar-refractivity contribution in [2.75, 3.05) is 7.11 Å². The molecule has 68 valence electrons. The smallest absolute Gasteiger partial charge is 0.225 e. The first-order valence-electron chi connectivity index (χ1n) is 3.52. The van der Waals surface area contributed by atoms with E-state index in [0.29, 0.717) is 5.88 Å². The number of halogens is 1. The van der Waals surface area contributed by atoms with Gasteiger partial charge in [-0.15, -0.1) is 0 Å². The zero-order chi connectivity index (χ0) is 9.26. The van der Waals surface area contributed by atoms with Gasteiger partial charge in [-0.25, -0.2) is 9.97 Å². The topological polar surface area (TPSA) is 39.9 Å². The summed E-state index contributed by atoms with van der Waals surface area (Å²) < 4.78 is 7.07. The summed E-state index contributed by atoms with van der Waals surface area (Å²) in [5.74, 6) is 0.620. The highest BCUT2D eigenvalue weighted by Gasteiger charge is 2.07. The van der Waals surface area contributed by atoms with Crippen LogP contribution in [0.3, 0.4) is 0 Å². The van der Waals surface area contributed by atoms with Crippen LogP contribution in [0.15, 0.2) is 18.6 Å². The van der Waals surface area contributed by atoms with Crippen molar-refractivity contribution in [1.29, 1.82) is 0 Å². The third kappa shape index (κ3) is 1.48. The molecule has 0 saturated heterocycles. The van der Waals surface area contributed by atoms with Gasteiger partial charge in [0.2, 0.25) is 5.88 Å². The number of hydrogen-bond acceptors (Lipinski definition) is 4. The second-order valence-corrected chi connectivity index (χ2v) is 4.04. The Kier molecular flexibility index (Phi) is 2.58. The van der Waals surface area contributed by atoms with Crippen LogP contribution in [0.25, 0.3) is 11.0 Å². The van der Waals surface area contributed by atoms with Gasteiger partial charge in [0, 0.05) is 36.5 Å². The Bertz CT molecular complexity index is 431. The van der Waals surface area contributed by atoms with Gasteiger partial charge in [0.1, 0.15) is 6.33 Å². The zero-order valence-electron chi connectivity index (χ0n) is 6.77. The molecule has 0 spiro atoms. The monoisotopic (exact) mass is 307 g/mol. The summed E-state index contributed by atoms with van der Waals surface area (Å²) >= 11 is 2.20. The van der Waals surface area contributed by atoms with E-state index >= 15 is 0 Å². The van der Waals surface area contributed by atoms with Gasteiger partial charge in [-0.3, -0.25) is 3.97 Å². The van der Waals surface area contributed by atoms with Crippen LogP contribution >= 0.6 is 30.3 Å². The van der Waals surface area contributed by atoms with Crippen molar-refractivity contribution < 1.29 is 4.74 Å². The molecule has 0 aliphatic carbocycles. The lowest BCUT2D eigenvalue weighted by Crippen LogP contribution is -1.90. The van der Waals surface area contributed by atoms with Crippen molar-refractivity contribution in [3.8, 4) is 5.88 Å². The minimum atomic E-state index is 0.620. The van der Waals surface area contributed by atoms with Crippen molar-refractivity contribution in [2.24, 2.45) is 0 Å². The van der Waals surface area contributed by atoms with E-state index in [9.17, 15) is 0 Å². The third-order valence-corrected chi connectivity index (χ3v) is 3.40. The molecule has 0 aliphatic rings. The predicted molar refractivity (Wildman–Crippen MR) is 61.1 cm³/mol. The van der Waals surface area contributed by atoms with Gasteiger partial charge in [-0.1, -0.05) is 0 Å². The first kappa shape index (κ1) is 9.07. The molecule has 2 heterocycles. The quantitative estimate of drug-likeness (QED) is 0.798. The van der Waals surface area contributed by atoms with Gasteiger partial charge in [0.25, 0.3) is 0 Å². The summed E-state index contributed by atoms with van der Waals surface area (Å²) in [5.41, 5.74) is 0.881. The summed E-state index contributed by atoms with van der Waals surface area (Å²) in [6, 6.07) is 1.94. The Morgan fingerprint density at radius 3 is 3.08 bits per heavy atom. The molecule has 6 heteroatoms. The Labute approximate surface area is 91.4 Å². The SMILES string of the molecule is COc1ncnc2c1ccn2SI. The number of nitrogens with zero attached hydrogens (tertiary/aromatic N) is 3. The maximum Gasteiger partial charge on any atom is 0.225 e. The molecule has 4 nitrogen and oxygen atoms in total. The Hall–Kier alpha value is -0.500. The van der Waals surface area contributed by atoms with E-state index in [4.69, 9.17) is 4.74 Å². The van der Waals surface area contributed by atoms with Crippen molar-refractivity contribution in [1.82, 2.24) is 13.9 Å². The molecule has 0 amide bonds. The minimum Gasteiger partial charge on any atom is -0.480 e. The Morgan fingerprint density at radius 1 is 1.54 bits per heavy atom. The van der Waals surface area contributed by atoms with Crippen LogP contribution in [0.1, 0.15) is 0 Å². The van der Waals surface area contributed by atoms with Gasteiger partial charge in [-0.2, -0.15) is 0 Å². The van der Waals surface area contributed by atoms with Crippen LogP contribution in [0.4, 0.5) is 0 Å². The fraction of sp³-hybridized carbons (Fsp3) is 0.143. The molecule has 0 unspecified atom stereocenters. The number of fused-ring (bicyclic) bond motifs is 1. The molecular weight excluding hydrogens is 301 g/mol. The second kappa shape index (κ2) is 3.70. The van der Waals surface area contributed by atoms with Crippen LogP contribution in [-0.2, 0) is 0 Å². The minimum absolute atomic E-state index is 0.620. The number of rotatable bonds is 2. The first-order chi connectivity index (χ1) is 6.36. The van der Waals surface area contributed by atoms with Crippen molar-refractivity contribution in [3.63, 3.8) is 0 Å². The summed E-state index contributed by atoms with van der Waals surface area (Å²) in [7, 11) is 3.17. The fourth-order valence-electron chi connectivity index (χ4n) is 1.12. The number of methoxy groups -OCH3 is 1. The van der Waals surface area contributed by atoms with Crippen LogP contribution in [-0.4, -0.2) is 21.1 Å². The van der Waals surface area contributed by atoms with Crippen molar-refractivity contribution in [3.05, 3.63) is 18.6 Å². The molecule has 0 aliphatic heterocycles. The maximum atomic E-state index is 5.11. The molecule has 0 saturated carbocycles. The van der Waals surface area contributed by atoms with E-state index in [1.54, 1.807) is 16.2 Å². The first-order valence-corrected chi connectivity index (χ1v) is 6.83. The highest BCUT2D eigenvalue weighted by molar-refractivity contribution is 14.2. The van der Waals surface area contributed by atoms with E-state index in [1.165, 1.54) is 6.33 Å². The molecular formula is C7H6IN3OS. The predicted octanol–water partition coefficient (Wildman–Crippen LogP) is 2.29. The number of aromatic nitrogens is 3. The van der Waals surface area contributed by atoms with Gasteiger partial charge in [0.15, 0.2) is 5.65 Å². The number of hydrogen-bond donors (Lipinski definition) is 0. The summed E-state index contributed by atoms with van der Waals surface area (Å²) in [5, 5.41) is 0.939. The fourth-order valence-corrected chi connectivity index (χ4v) is 2.39. The molecule has 0 bridgehead atoms. The largest absolute Gasteiger partial charge is 0.480 e. The highest BCUT2D eigenvalue weighted by Crippen LogP contribution is 2.27. The molecule has 2 rings (SSSR count). The van der Waals surface area contributed by atoms with E-state index < -0.39 is 0 Å². The van der Waals surface area contributed by atoms with Crippen LogP contribution < -0.4 is 4.74 Å². The van der Waals surface area contributed by atoms with Gasteiger partial charge < -0.3 is 4.74 Å². The van der Waals surface area contributed by atoms with Crippen LogP contribution in [0.5, 0.6) is 5.88 Å². The van der Waals surface area contributed by atoms with Crippen molar-refractivity contribution in [2.45, 2.75) is 0 Å². The molecule has 2 aromatic rings. The molecule has 0 aromatic carbocycles. The second-order valence-electron chi connectivity index (χ2n) is 2.33.